The van der Waals surface area contributed by atoms with Gasteiger partial charge in [-0.15, -0.1) is 0 Å². The van der Waals surface area contributed by atoms with Crippen LogP contribution in [0.2, 0.25) is 0 Å². The Morgan fingerprint density at radius 3 is 2.52 bits per heavy atom. The van der Waals surface area contributed by atoms with Gasteiger partial charge in [0.15, 0.2) is 0 Å². The lowest BCUT2D eigenvalue weighted by Crippen LogP contribution is -2.31. The van der Waals surface area contributed by atoms with Crippen molar-refractivity contribution in [2.75, 3.05) is 25.6 Å². The summed E-state index contributed by atoms with van der Waals surface area (Å²) < 4.78 is 76.1. The van der Waals surface area contributed by atoms with Crippen molar-refractivity contribution < 1.29 is 40.7 Å². The standard InChI is InChI=1S/C21H19F3N2O6S/c1-31-8-9-32-17-7-3-13(21(22,23)24)11-16(17)25-19(27)12-2-6-15-18(10-12)33(29,30)26(20(15)28)14-4-5-14/h2-3,6-7,10-11,14H,4-5,8-9H2,1H3,(H,25,27). The van der Waals surface area contributed by atoms with E-state index in [1.165, 1.54) is 19.2 Å². The van der Waals surface area contributed by atoms with Crippen molar-refractivity contribution in [1.82, 2.24) is 4.31 Å². The van der Waals surface area contributed by atoms with Gasteiger partial charge >= 0.3 is 6.18 Å². The molecule has 1 fully saturated rings. The third-order valence-electron chi connectivity index (χ3n) is 5.19. The molecule has 8 nitrogen and oxygen atoms in total. The van der Waals surface area contributed by atoms with Gasteiger partial charge in [-0.2, -0.15) is 13.2 Å². The number of carbonyl (C=O) groups excluding carboxylic acids is 2. The van der Waals surface area contributed by atoms with Crippen molar-refractivity contribution in [2.45, 2.75) is 30.0 Å². The van der Waals surface area contributed by atoms with Gasteiger partial charge in [-0.25, -0.2) is 12.7 Å². The van der Waals surface area contributed by atoms with Crippen molar-refractivity contribution in [3.05, 3.63) is 53.1 Å². The maximum absolute atomic E-state index is 13.2. The number of carbonyl (C=O) groups is 2. The number of methoxy groups -OCH3 is 1. The summed E-state index contributed by atoms with van der Waals surface area (Å²) in [7, 11) is -2.67. The van der Waals surface area contributed by atoms with Crippen LogP contribution in [0.1, 0.15) is 39.1 Å². The normalized spacial score (nSPS) is 17.1. The largest absolute Gasteiger partial charge is 0.489 e. The number of fused-ring (bicyclic) bond motifs is 1. The molecule has 0 atom stereocenters. The first kappa shape index (κ1) is 23.1. The fourth-order valence-corrected chi connectivity index (χ4v) is 5.26. The zero-order valence-corrected chi connectivity index (χ0v) is 18.1. The highest BCUT2D eigenvalue weighted by Crippen LogP contribution is 2.40. The maximum atomic E-state index is 13.2. The molecule has 1 N–H and O–H groups in total. The molecule has 176 valence electrons. The van der Waals surface area contributed by atoms with E-state index in [9.17, 15) is 31.2 Å². The van der Waals surface area contributed by atoms with Crippen LogP contribution >= 0.6 is 0 Å². The first-order chi connectivity index (χ1) is 15.5. The van der Waals surface area contributed by atoms with Crippen molar-refractivity contribution in [2.24, 2.45) is 0 Å². The second kappa shape index (κ2) is 8.34. The molecule has 2 amide bonds. The lowest BCUT2D eigenvalue weighted by molar-refractivity contribution is -0.137. The van der Waals surface area contributed by atoms with Crippen LogP contribution in [0.5, 0.6) is 5.75 Å². The topological polar surface area (TPSA) is 102 Å². The van der Waals surface area contributed by atoms with E-state index < -0.39 is 33.6 Å². The number of sulfonamides is 1. The van der Waals surface area contributed by atoms with Gasteiger partial charge in [-0.3, -0.25) is 9.59 Å². The minimum absolute atomic E-state index is 0.0164. The fraction of sp³-hybridized carbons (Fsp3) is 0.333. The number of nitrogens with one attached hydrogen (secondary N) is 1. The summed E-state index contributed by atoms with van der Waals surface area (Å²) in [5.41, 5.74) is -1.42. The van der Waals surface area contributed by atoms with Gasteiger partial charge in [0.1, 0.15) is 17.3 Å². The molecule has 2 aliphatic rings. The number of amides is 2. The van der Waals surface area contributed by atoms with E-state index in [4.69, 9.17) is 9.47 Å². The summed E-state index contributed by atoms with van der Waals surface area (Å²) in [6.07, 6.45) is -3.50. The molecule has 1 saturated carbocycles. The van der Waals surface area contributed by atoms with Gasteiger partial charge < -0.3 is 14.8 Å². The van der Waals surface area contributed by atoms with Crippen LogP contribution < -0.4 is 10.1 Å². The molecule has 0 bridgehead atoms. The number of anilines is 1. The van der Waals surface area contributed by atoms with Crippen LogP contribution in [0.25, 0.3) is 0 Å². The molecule has 2 aromatic rings. The van der Waals surface area contributed by atoms with Crippen LogP contribution in [0.3, 0.4) is 0 Å². The number of hydrogen-bond acceptors (Lipinski definition) is 6. The number of benzene rings is 2. The van der Waals surface area contributed by atoms with Crippen LogP contribution in [0.15, 0.2) is 41.3 Å². The monoisotopic (exact) mass is 484 g/mol. The molecule has 0 spiro atoms. The molecule has 33 heavy (non-hydrogen) atoms. The molecular formula is C21H19F3N2O6S. The summed E-state index contributed by atoms with van der Waals surface area (Å²) >= 11 is 0. The van der Waals surface area contributed by atoms with Crippen molar-refractivity contribution in [1.29, 1.82) is 0 Å². The minimum atomic E-state index is -4.65. The molecule has 1 aliphatic carbocycles. The van der Waals surface area contributed by atoms with Crippen LogP contribution in [-0.2, 0) is 20.9 Å². The summed E-state index contributed by atoms with van der Waals surface area (Å²) in [5.74, 6) is -1.52. The number of alkyl halides is 3. The molecule has 0 unspecified atom stereocenters. The van der Waals surface area contributed by atoms with E-state index in [1.807, 2.05) is 0 Å². The highest BCUT2D eigenvalue weighted by Gasteiger charge is 2.48. The zero-order chi connectivity index (χ0) is 24.0. The third-order valence-corrected chi connectivity index (χ3v) is 7.07. The van der Waals surface area contributed by atoms with Crippen molar-refractivity contribution in [3.63, 3.8) is 0 Å². The summed E-state index contributed by atoms with van der Waals surface area (Å²) in [5, 5.41) is 2.34. The lowest BCUT2D eigenvalue weighted by atomic mass is 10.1. The number of ether oxygens (including phenoxy) is 2. The first-order valence-corrected chi connectivity index (χ1v) is 11.3. The smallest absolute Gasteiger partial charge is 0.416 e. The Kier molecular flexibility index (Phi) is 5.83. The van der Waals surface area contributed by atoms with Gasteiger partial charge in [0.2, 0.25) is 0 Å². The lowest BCUT2D eigenvalue weighted by Gasteiger charge is -2.15. The SMILES string of the molecule is COCCOc1ccc(C(F)(F)F)cc1NC(=O)c1ccc2c(c1)S(=O)(=O)N(C1CC1)C2=O. The van der Waals surface area contributed by atoms with E-state index in [2.05, 4.69) is 5.32 Å². The molecule has 0 saturated heterocycles. The average molecular weight is 484 g/mol. The van der Waals surface area contributed by atoms with E-state index in [1.54, 1.807) is 0 Å². The summed E-state index contributed by atoms with van der Waals surface area (Å²) in [4.78, 5) is 25.0. The quantitative estimate of drug-likeness (QED) is 0.606. The Balaban J connectivity index is 1.64. The van der Waals surface area contributed by atoms with E-state index >= 15 is 0 Å². The molecule has 2 aromatic carbocycles. The van der Waals surface area contributed by atoms with Crippen LogP contribution in [0, 0.1) is 0 Å². The van der Waals surface area contributed by atoms with Crippen LogP contribution in [0.4, 0.5) is 18.9 Å². The second-order valence-electron chi connectivity index (χ2n) is 7.55. The number of nitrogens with zero attached hydrogens (tertiary/aromatic N) is 1. The van der Waals surface area contributed by atoms with Gasteiger partial charge in [0.05, 0.1) is 23.4 Å². The summed E-state index contributed by atoms with van der Waals surface area (Å²) in [6, 6.07) is 5.77. The van der Waals surface area contributed by atoms with E-state index in [0.717, 1.165) is 28.6 Å². The highest BCUT2D eigenvalue weighted by atomic mass is 32.2. The Morgan fingerprint density at radius 2 is 1.88 bits per heavy atom. The predicted molar refractivity (Wildman–Crippen MR) is 110 cm³/mol. The molecule has 0 aromatic heterocycles. The number of rotatable bonds is 7. The van der Waals surface area contributed by atoms with Gasteiger partial charge in [0.25, 0.3) is 21.8 Å². The molecule has 4 rings (SSSR count). The third kappa shape index (κ3) is 4.40. The molecule has 12 heteroatoms. The summed E-state index contributed by atoms with van der Waals surface area (Å²) in [6.45, 7) is 0.198. The molecular weight excluding hydrogens is 465 g/mol. The zero-order valence-electron chi connectivity index (χ0n) is 17.3. The maximum Gasteiger partial charge on any atom is 0.416 e. The Bertz CT molecular complexity index is 1220. The molecule has 1 heterocycles. The molecule has 1 aliphatic heterocycles. The Hall–Kier alpha value is -3.12. The average Bonchev–Trinajstić information content (AvgIpc) is 3.55. The van der Waals surface area contributed by atoms with Crippen LogP contribution in [-0.4, -0.2) is 50.9 Å². The first-order valence-electron chi connectivity index (χ1n) is 9.91. The fourth-order valence-electron chi connectivity index (χ4n) is 3.42. The van der Waals surface area contributed by atoms with Gasteiger partial charge in [-0.1, -0.05) is 0 Å². The van der Waals surface area contributed by atoms with E-state index in [-0.39, 0.29) is 46.7 Å². The number of halogens is 3. The van der Waals surface area contributed by atoms with Crippen molar-refractivity contribution in [3.8, 4) is 5.75 Å². The highest BCUT2D eigenvalue weighted by molar-refractivity contribution is 7.90. The number of hydrogen-bond donors (Lipinski definition) is 1. The second-order valence-corrected chi connectivity index (χ2v) is 9.34. The minimum Gasteiger partial charge on any atom is -0.489 e. The van der Waals surface area contributed by atoms with Gasteiger partial charge in [0, 0.05) is 18.7 Å². The Labute approximate surface area is 187 Å². The van der Waals surface area contributed by atoms with Crippen molar-refractivity contribution >= 4 is 27.5 Å². The van der Waals surface area contributed by atoms with Gasteiger partial charge in [-0.05, 0) is 49.2 Å². The molecule has 0 radical (unpaired) electrons. The predicted octanol–water partition coefficient (Wildman–Crippen LogP) is 3.29. The Morgan fingerprint density at radius 1 is 1.15 bits per heavy atom. The van der Waals surface area contributed by atoms with E-state index in [0.29, 0.717) is 12.8 Å².